The summed E-state index contributed by atoms with van der Waals surface area (Å²) < 4.78 is 0. The first-order valence-corrected chi connectivity index (χ1v) is 5.97. The second-order valence-electron chi connectivity index (χ2n) is 4.98. The van der Waals surface area contributed by atoms with E-state index in [0.29, 0.717) is 0 Å². The number of aliphatic hydroxyl groups excluding tert-OH is 1. The highest BCUT2D eigenvalue weighted by molar-refractivity contribution is 5.42. The van der Waals surface area contributed by atoms with Gasteiger partial charge in [-0.15, -0.1) is 0 Å². The largest absolute Gasteiger partial charge is 0.389 e. The quantitative estimate of drug-likeness (QED) is 0.830. The fraction of sp³-hybridized carbons (Fsp3) is 0.615. The van der Waals surface area contributed by atoms with E-state index in [9.17, 15) is 5.11 Å². The molecule has 0 bridgehead atoms. The van der Waals surface area contributed by atoms with E-state index < -0.39 is 6.10 Å². The molecule has 16 heavy (non-hydrogen) atoms. The van der Waals surface area contributed by atoms with Crippen LogP contribution < -0.4 is 4.90 Å². The van der Waals surface area contributed by atoms with Crippen LogP contribution in [0.1, 0.15) is 32.4 Å². The first kappa shape index (κ1) is 11.4. The van der Waals surface area contributed by atoms with Gasteiger partial charge in [-0.1, -0.05) is 13.8 Å². The molecule has 1 N–H and O–H groups in total. The van der Waals surface area contributed by atoms with Gasteiger partial charge in [0.15, 0.2) is 0 Å². The van der Waals surface area contributed by atoms with Gasteiger partial charge in [-0.3, -0.25) is 0 Å². The molecule has 1 aromatic rings. The fourth-order valence-electron chi connectivity index (χ4n) is 2.18. The maximum absolute atomic E-state index is 9.55. The van der Waals surface area contributed by atoms with Crippen LogP contribution in [0.25, 0.3) is 0 Å². The molecule has 2 rings (SSSR count). The predicted molar refractivity (Wildman–Crippen MR) is 65.4 cm³/mol. The van der Waals surface area contributed by atoms with Gasteiger partial charge in [0, 0.05) is 19.3 Å². The lowest BCUT2D eigenvalue weighted by Gasteiger charge is -2.18. The van der Waals surface area contributed by atoms with E-state index in [2.05, 4.69) is 23.7 Å². The van der Waals surface area contributed by atoms with Crippen LogP contribution in [-0.4, -0.2) is 23.2 Å². The van der Waals surface area contributed by atoms with Crippen LogP contribution in [-0.2, 0) is 0 Å². The van der Waals surface area contributed by atoms with E-state index in [-0.39, 0.29) is 0 Å². The second kappa shape index (κ2) is 4.42. The van der Waals surface area contributed by atoms with Gasteiger partial charge in [0.1, 0.15) is 5.82 Å². The van der Waals surface area contributed by atoms with Crippen LogP contribution in [0.4, 0.5) is 5.82 Å². The molecular weight excluding hydrogens is 200 g/mol. The van der Waals surface area contributed by atoms with Crippen molar-refractivity contribution in [2.24, 2.45) is 11.8 Å². The molecule has 3 heteroatoms. The number of rotatable bonds is 2. The number of anilines is 1. The molecule has 1 aromatic heterocycles. The minimum absolute atomic E-state index is 0.417. The first-order chi connectivity index (χ1) is 7.58. The zero-order valence-electron chi connectivity index (χ0n) is 10.2. The van der Waals surface area contributed by atoms with Crippen molar-refractivity contribution in [3.05, 3.63) is 23.9 Å². The van der Waals surface area contributed by atoms with Crippen LogP contribution in [0.5, 0.6) is 0 Å². The maximum Gasteiger partial charge on any atom is 0.128 e. The molecule has 2 unspecified atom stereocenters. The standard InChI is InChI=1S/C13H20N2O/c1-9-7-15(8-10(9)2)13-6-12(11(3)16)4-5-14-13/h4-6,9-11,16H,7-8H2,1-3H3/t9?,10?,11-/m0/s1. The molecule has 88 valence electrons. The predicted octanol–water partition coefficient (Wildman–Crippen LogP) is 2.23. The number of aromatic nitrogens is 1. The molecule has 1 aliphatic heterocycles. The SMILES string of the molecule is CC1CN(c2cc([C@H](C)O)ccn2)CC1C. The van der Waals surface area contributed by atoms with E-state index in [4.69, 9.17) is 0 Å². The summed E-state index contributed by atoms with van der Waals surface area (Å²) in [5.41, 5.74) is 0.942. The highest BCUT2D eigenvalue weighted by Gasteiger charge is 2.26. The van der Waals surface area contributed by atoms with Crippen molar-refractivity contribution in [2.45, 2.75) is 26.9 Å². The average Bonchev–Trinajstić information content (AvgIpc) is 2.59. The van der Waals surface area contributed by atoms with Gasteiger partial charge in [-0.05, 0) is 36.5 Å². The molecule has 1 saturated heterocycles. The average molecular weight is 220 g/mol. The van der Waals surface area contributed by atoms with Crippen LogP contribution in [0.15, 0.2) is 18.3 Å². The number of hydrogen-bond acceptors (Lipinski definition) is 3. The van der Waals surface area contributed by atoms with Crippen molar-refractivity contribution >= 4 is 5.82 Å². The highest BCUT2D eigenvalue weighted by atomic mass is 16.3. The normalized spacial score (nSPS) is 27.1. The van der Waals surface area contributed by atoms with E-state index >= 15 is 0 Å². The summed E-state index contributed by atoms with van der Waals surface area (Å²) in [5, 5.41) is 9.55. The van der Waals surface area contributed by atoms with Crippen molar-refractivity contribution < 1.29 is 5.11 Å². The number of aliphatic hydroxyl groups is 1. The Labute approximate surface area is 97.1 Å². The second-order valence-corrected chi connectivity index (χ2v) is 4.98. The van der Waals surface area contributed by atoms with Gasteiger partial charge in [0.25, 0.3) is 0 Å². The molecule has 3 atom stereocenters. The summed E-state index contributed by atoms with van der Waals surface area (Å²) in [6, 6.07) is 3.87. The van der Waals surface area contributed by atoms with Crippen molar-refractivity contribution in [3.8, 4) is 0 Å². The number of pyridine rings is 1. The molecule has 3 nitrogen and oxygen atoms in total. The van der Waals surface area contributed by atoms with Crippen LogP contribution in [0.3, 0.4) is 0 Å². The number of hydrogen-bond donors (Lipinski definition) is 1. The van der Waals surface area contributed by atoms with Crippen LogP contribution in [0, 0.1) is 11.8 Å². The van der Waals surface area contributed by atoms with Crippen molar-refractivity contribution in [2.75, 3.05) is 18.0 Å². The van der Waals surface area contributed by atoms with Gasteiger partial charge < -0.3 is 10.0 Å². The lowest BCUT2D eigenvalue weighted by Crippen LogP contribution is -2.20. The molecule has 0 aromatic carbocycles. The molecule has 0 amide bonds. The van der Waals surface area contributed by atoms with Gasteiger partial charge in [-0.25, -0.2) is 4.98 Å². The Morgan fingerprint density at radius 2 is 2.00 bits per heavy atom. The maximum atomic E-state index is 9.55. The Hall–Kier alpha value is -1.09. The van der Waals surface area contributed by atoms with Crippen molar-refractivity contribution in [3.63, 3.8) is 0 Å². The molecule has 2 heterocycles. The van der Waals surface area contributed by atoms with Crippen LogP contribution in [0.2, 0.25) is 0 Å². The monoisotopic (exact) mass is 220 g/mol. The number of nitrogens with zero attached hydrogens (tertiary/aromatic N) is 2. The summed E-state index contributed by atoms with van der Waals surface area (Å²) in [6.07, 6.45) is 1.37. The molecule has 0 aliphatic carbocycles. The van der Waals surface area contributed by atoms with Crippen molar-refractivity contribution in [1.82, 2.24) is 4.98 Å². The Kier molecular flexibility index (Phi) is 3.15. The van der Waals surface area contributed by atoms with Crippen molar-refractivity contribution in [1.29, 1.82) is 0 Å². The van der Waals surface area contributed by atoms with Gasteiger partial charge >= 0.3 is 0 Å². The van der Waals surface area contributed by atoms with Gasteiger partial charge in [0.05, 0.1) is 6.10 Å². The Bertz CT molecular complexity index is 355. The lowest BCUT2D eigenvalue weighted by molar-refractivity contribution is 0.199. The fourth-order valence-corrected chi connectivity index (χ4v) is 2.18. The minimum atomic E-state index is -0.417. The molecular formula is C13H20N2O. The molecule has 1 aliphatic rings. The zero-order chi connectivity index (χ0) is 11.7. The Morgan fingerprint density at radius 1 is 1.38 bits per heavy atom. The Morgan fingerprint density at radius 3 is 2.56 bits per heavy atom. The van der Waals surface area contributed by atoms with E-state index in [0.717, 1.165) is 36.3 Å². The summed E-state index contributed by atoms with van der Waals surface area (Å²) in [5.74, 6) is 2.43. The Balaban J connectivity index is 2.18. The van der Waals surface area contributed by atoms with Gasteiger partial charge in [-0.2, -0.15) is 0 Å². The van der Waals surface area contributed by atoms with E-state index in [1.807, 2.05) is 12.1 Å². The summed E-state index contributed by atoms with van der Waals surface area (Å²) in [6.45, 7) is 8.48. The van der Waals surface area contributed by atoms with Crippen LogP contribution >= 0.6 is 0 Å². The third-order valence-corrected chi connectivity index (χ3v) is 3.56. The molecule has 0 spiro atoms. The summed E-state index contributed by atoms with van der Waals surface area (Å²) >= 11 is 0. The zero-order valence-corrected chi connectivity index (χ0v) is 10.2. The molecule has 0 saturated carbocycles. The molecule has 1 fully saturated rings. The third kappa shape index (κ3) is 2.19. The minimum Gasteiger partial charge on any atom is -0.389 e. The van der Waals surface area contributed by atoms with Gasteiger partial charge in [0.2, 0.25) is 0 Å². The lowest BCUT2D eigenvalue weighted by atomic mass is 10.0. The summed E-state index contributed by atoms with van der Waals surface area (Å²) in [4.78, 5) is 6.69. The molecule has 0 radical (unpaired) electrons. The smallest absolute Gasteiger partial charge is 0.128 e. The third-order valence-electron chi connectivity index (χ3n) is 3.56. The topological polar surface area (TPSA) is 36.4 Å². The first-order valence-electron chi connectivity index (χ1n) is 5.97. The summed E-state index contributed by atoms with van der Waals surface area (Å²) in [7, 11) is 0. The van der Waals surface area contributed by atoms with E-state index in [1.54, 1.807) is 13.1 Å². The highest BCUT2D eigenvalue weighted by Crippen LogP contribution is 2.27. The van der Waals surface area contributed by atoms with E-state index in [1.165, 1.54) is 0 Å².